The van der Waals surface area contributed by atoms with Crippen molar-refractivity contribution in [1.82, 2.24) is 9.97 Å². The van der Waals surface area contributed by atoms with E-state index in [1.165, 1.54) is 0 Å². The lowest BCUT2D eigenvalue weighted by molar-refractivity contribution is 0.315. The fraction of sp³-hybridized carbons (Fsp3) is 0.273. The number of fused-ring (bicyclic) bond motifs is 1. The van der Waals surface area contributed by atoms with E-state index in [4.69, 9.17) is 21.1 Å². The summed E-state index contributed by atoms with van der Waals surface area (Å²) in [5, 5.41) is 0.461. The quantitative estimate of drug-likeness (QED) is 0.841. The second-order valence-corrected chi connectivity index (χ2v) is 3.67. The molecule has 5 nitrogen and oxygen atoms in total. The van der Waals surface area contributed by atoms with Gasteiger partial charge < -0.3 is 9.47 Å². The van der Waals surface area contributed by atoms with Crippen molar-refractivity contribution in [3.05, 3.63) is 28.6 Å². The van der Waals surface area contributed by atoms with Crippen LogP contribution in [0.3, 0.4) is 0 Å². The molecular weight excluding hydrogens is 244 g/mol. The summed E-state index contributed by atoms with van der Waals surface area (Å²) < 4.78 is 10.2. The highest BCUT2D eigenvalue weighted by Gasteiger charge is 2.05. The Morgan fingerprint density at radius 3 is 3.00 bits per heavy atom. The summed E-state index contributed by atoms with van der Waals surface area (Å²) in [6.07, 6.45) is 0. The second-order valence-electron chi connectivity index (χ2n) is 3.29. The third-order valence-corrected chi connectivity index (χ3v) is 2.36. The maximum Gasteiger partial charge on any atom is 0.297 e. The number of aromatic amines is 1. The Morgan fingerprint density at radius 1 is 1.47 bits per heavy atom. The minimum Gasteiger partial charge on any atom is -0.497 e. The lowest BCUT2D eigenvalue weighted by Crippen LogP contribution is -2.12. The fourth-order valence-corrected chi connectivity index (χ4v) is 1.50. The predicted octanol–water partition coefficient (Wildman–Crippen LogP) is 1.55. The van der Waals surface area contributed by atoms with Gasteiger partial charge in [0.15, 0.2) is 0 Å². The van der Waals surface area contributed by atoms with Crippen LogP contribution < -0.4 is 15.0 Å². The van der Waals surface area contributed by atoms with Gasteiger partial charge in [-0.3, -0.25) is 9.78 Å². The maximum atomic E-state index is 11.8. The van der Waals surface area contributed by atoms with Gasteiger partial charge in [-0.25, -0.2) is 0 Å². The number of benzene rings is 1. The average molecular weight is 255 g/mol. The number of H-pyrrole nitrogens is 1. The van der Waals surface area contributed by atoms with Crippen LogP contribution in [-0.2, 0) is 0 Å². The highest BCUT2D eigenvalue weighted by Crippen LogP contribution is 2.17. The number of rotatable bonds is 4. The standard InChI is InChI=1S/C11H11ClN2O3/c1-16-7-2-3-9-8(6-7)10(15)14-11(13-9)17-5-4-12/h2-3,6H,4-5H2,1H3,(H,13,14,15). The molecule has 2 rings (SSSR count). The van der Waals surface area contributed by atoms with Crippen molar-refractivity contribution in [3.63, 3.8) is 0 Å². The third-order valence-electron chi connectivity index (χ3n) is 2.21. The molecule has 0 saturated carbocycles. The van der Waals surface area contributed by atoms with Crippen LogP contribution in [0.1, 0.15) is 0 Å². The van der Waals surface area contributed by atoms with Gasteiger partial charge in [0.05, 0.1) is 23.9 Å². The van der Waals surface area contributed by atoms with Crippen molar-refractivity contribution >= 4 is 22.5 Å². The molecule has 1 aromatic heterocycles. The Balaban J connectivity index is 2.48. The summed E-state index contributed by atoms with van der Waals surface area (Å²) in [6.45, 7) is 0.298. The average Bonchev–Trinajstić information content (AvgIpc) is 2.36. The van der Waals surface area contributed by atoms with Crippen LogP contribution >= 0.6 is 11.6 Å². The largest absolute Gasteiger partial charge is 0.497 e. The van der Waals surface area contributed by atoms with Crippen LogP contribution in [0.2, 0.25) is 0 Å². The Morgan fingerprint density at radius 2 is 2.29 bits per heavy atom. The smallest absolute Gasteiger partial charge is 0.297 e. The molecule has 0 radical (unpaired) electrons. The number of nitrogens with one attached hydrogen (secondary N) is 1. The highest BCUT2D eigenvalue weighted by molar-refractivity contribution is 6.17. The second kappa shape index (κ2) is 5.05. The van der Waals surface area contributed by atoms with Gasteiger partial charge in [-0.05, 0) is 18.2 Å². The van der Waals surface area contributed by atoms with Gasteiger partial charge in [0.2, 0.25) is 0 Å². The van der Waals surface area contributed by atoms with Crippen LogP contribution in [0.5, 0.6) is 11.8 Å². The number of ether oxygens (including phenoxy) is 2. The Bertz CT molecular complexity index is 582. The Hall–Kier alpha value is -1.75. The number of methoxy groups -OCH3 is 1. The third kappa shape index (κ3) is 2.50. The summed E-state index contributed by atoms with van der Waals surface area (Å²) in [4.78, 5) is 18.5. The first-order valence-electron chi connectivity index (χ1n) is 5.01. The topological polar surface area (TPSA) is 64.2 Å². The van der Waals surface area contributed by atoms with E-state index in [0.717, 1.165) is 0 Å². The number of hydrogen-bond donors (Lipinski definition) is 1. The van der Waals surface area contributed by atoms with Crippen LogP contribution in [0.4, 0.5) is 0 Å². The minimum atomic E-state index is -0.265. The van der Waals surface area contributed by atoms with E-state index in [1.807, 2.05) is 0 Å². The van der Waals surface area contributed by atoms with Crippen molar-refractivity contribution in [2.45, 2.75) is 0 Å². The SMILES string of the molecule is COc1ccc2nc(OCCCl)[nH]c(=O)c2c1. The lowest BCUT2D eigenvalue weighted by atomic mass is 10.2. The van der Waals surface area contributed by atoms with Gasteiger partial charge in [0, 0.05) is 0 Å². The number of aromatic nitrogens is 2. The summed E-state index contributed by atoms with van der Waals surface area (Å²) in [5.41, 5.74) is 0.289. The van der Waals surface area contributed by atoms with Crippen LogP contribution in [0.15, 0.2) is 23.0 Å². The van der Waals surface area contributed by atoms with E-state index in [-0.39, 0.29) is 11.6 Å². The fourth-order valence-electron chi connectivity index (χ4n) is 1.43. The van der Waals surface area contributed by atoms with E-state index in [2.05, 4.69) is 9.97 Å². The molecule has 0 amide bonds. The summed E-state index contributed by atoms with van der Waals surface area (Å²) in [7, 11) is 1.54. The molecule has 6 heteroatoms. The van der Waals surface area contributed by atoms with Crippen molar-refractivity contribution in [3.8, 4) is 11.8 Å². The number of hydrogen-bond acceptors (Lipinski definition) is 4. The van der Waals surface area contributed by atoms with Crippen LogP contribution in [0.25, 0.3) is 10.9 Å². The summed E-state index contributed by atoms with van der Waals surface area (Å²) in [5.74, 6) is 0.948. The first-order valence-corrected chi connectivity index (χ1v) is 5.55. The molecule has 0 aliphatic heterocycles. The van der Waals surface area contributed by atoms with Gasteiger partial charge in [0.1, 0.15) is 12.4 Å². The molecule has 2 aromatic rings. The van der Waals surface area contributed by atoms with Crippen LogP contribution in [-0.4, -0.2) is 29.6 Å². The summed E-state index contributed by atoms with van der Waals surface area (Å²) >= 11 is 5.49. The zero-order valence-corrected chi connectivity index (χ0v) is 9.95. The molecule has 0 aliphatic carbocycles. The lowest BCUT2D eigenvalue weighted by Gasteiger charge is -2.05. The van der Waals surface area contributed by atoms with Gasteiger partial charge in [-0.1, -0.05) is 0 Å². The predicted molar refractivity (Wildman–Crippen MR) is 65.1 cm³/mol. The molecule has 1 aromatic carbocycles. The molecule has 0 spiro atoms. The van der Waals surface area contributed by atoms with Crippen molar-refractivity contribution in [2.75, 3.05) is 19.6 Å². The molecule has 1 heterocycles. The number of nitrogens with zero attached hydrogens (tertiary/aromatic N) is 1. The first-order chi connectivity index (χ1) is 8.24. The van der Waals surface area contributed by atoms with E-state index < -0.39 is 0 Å². The zero-order chi connectivity index (χ0) is 12.3. The maximum absolute atomic E-state index is 11.8. The van der Waals surface area contributed by atoms with Gasteiger partial charge in [-0.15, -0.1) is 11.6 Å². The minimum absolute atomic E-state index is 0.174. The first kappa shape index (κ1) is 11.7. The molecule has 1 N–H and O–H groups in total. The summed E-state index contributed by atoms with van der Waals surface area (Å²) in [6, 6.07) is 5.25. The molecule has 0 saturated heterocycles. The molecule has 0 bridgehead atoms. The zero-order valence-electron chi connectivity index (χ0n) is 9.20. The molecule has 0 aliphatic rings. The van der Waals surface area contributed by atoms with E-state index in [1.54, 1.807) is 25.3 Å². The Labute approximate surface area is 102 Å². The normalized spacial score (nSPS) is 10.5. The molecular formula is C11H11ClN2O3. The Kier molecular flexibility index (Phi) is 3.49. The van der Waals surface area contributed by atoms with Crippen molar-refractivity contribution in [1.29, 1.82) is 0 Å². The molecule has 0 fully saturated rings. The van der Waals surface area contributed by atoms with Crippen LogP contribution in [0, 0.1) is 0 Å². The van der Waals surface area contributed by atoms with E-state index in [0.29, 0.717) is 29.1 Å². The number of alkyl halides is 1. The van der Waals surface area contributed by atoms with E-state index in [9.17, 15) is 4.79 Å². The van der Waals surface area contributed by atoms with Gasteiger partial charge in [0.25, 0.3) is 11.6 Å². The molecule has 17 heavy (non-hydrogen) atoms. The van der Waals surface area contributed by atoms with Crippen molar-refractivity contribution in [2.24, 2.45) is 0 Å². The molecule has 90 valence electrons. The molecule has 0 atom stereocenters. The van der Waals surface area contributed by atoms with Gasteiger partial charge >= 0.3 is 0 Å². The van der Waals surface area contributed by atoms with Gasteiger partial charge in [-0.2, -0.15) is 4.98 Å². The van der Waals surface area contributed by atoms with Crippen molar-refractivity contribution < 1.29 is 9.47 Å². The van der Waals surface area contributed by atoms with E-state index >= 15 is 0 Å². The molecule has 0 unspecified atom stereocenters. The monoisotopic (exact) mass is 254 g/mol. The number of halogens is 1. The highest BCUT2D eigenvalue weighted by atomic mass is 35.5.